The van der Waals surface area contributed by atoms with Gasteiger partial charge in [-0.05, 0) is 60.2 Å². The van der Waals surface area contributed by atoms with E-state index in [1.54, 1.807) is 12.1 Å². The Balaban J connectivity index is 1.87. The lowest BCUT2D eigenvalue weighted by molar-refractivity contribution is 0.298. The minimum absolute atomic E-state index is 0.190. The Hall–Kier alpha value is -1.87. The maximum absolute atomic E-state index is 13.0. The van der Waals surface area contributed by atoms with Crippen molar-refractivity contribution < 1.29 is 9.13 Å². The molecule has 118 valence electrons. The van der Waals surface area contributed by atoms with Gasteiger partial charge in [-0.15, -0.1) is 0 Å². The molecule has 2 aromatic carbocycles. The molecule has 0 amide bonds. The average molecular weight is 301 g/mol. The first-order valence-electron chi connectivity index (χ1n) is 7.78. The van der Waals surface area contributed by atoms with Crippen LogP contribution in [0.1, 0.15) is 43.2 Å². The van der Waals surface area contributed by atoms with Crippen molar-refractivity contribution in [1.29, 1.82) is 0 Å². The lowest BCUT2D eigenvalue weighted by Gasteiger charge is -2.16. The highest BCUT2D eigenvalue weighted by Gasteiger charge is 2.10. The highest BCUT2D eigenvalue weighted by atomic mass is 19.1. The summed E-state index contributed by atoms with van der Waals surface area (Å²) in [5.74, 6) is 1.37. The third-order valence-corrected chi connectivity index (χ3v) is 3.91. The molecule has 0 aliphatic carbocycles. The predicted octanol–water partition coefficient (Wildman–Crippen LogP) is 4.46. The standard InChI is InChI=1S/C19H24FNO/c1-14(2)15-5-9-19(10-6-15)22-12-11-17(13-21)16-3-7-18(20)8-4-16/h3-10,14,17H,11-13,21H2,1-2H3. The molecule has 0 spiro atoms. The van der Waals surface area contributed by atoms with E-state index in [2.05, 4.69) is 26.0 Å². The molecule has 2 aromatic rings. The van der Waals surface area contributed by atoms with Gasteiger partial charge in [0.15, 0.2) is 0 Å². The van der Waals surface area contributed by atoms with E-state index in [0.29, 0.717) is 19.1 Å². The van der Waals surface area contributed by atoms with Gasteiger partial charge in [-0.25, -0.2) is 4.39 Å². The molecule has 0 aliphatic rings. The number of ether oxygens (including phenoxy) is 1. The summed E-state index contributed by atoms with van der Waals surface area (Å²) in [7, 11) is 0. The van der Waals surface area contributed by atoms with Gasteiger partial charge >= 0.3 is 0 Å². The molecule has 2 rings (SSSR count). The monoisotopic (exact) mass is 301 g/mol. The topological polar surface area (TPSA) is 35.2 Å². The second kappa shape index (κ2) is 7.95. The van der Waals surface area contributed by atoms with Gasteiger partial charge in [-0.1, -0.05) is 38.1 Å². The van der Waals surface area contributed by atoms with Gasteiger partial charge in [0.2, 0.25) is 0 Å². The predicted molar refractivity (Wildman–Crippen MR) is 88.8 cm³/mol. The lowest BCUT2D eigenvalue weighted by Crippen LogP contribution is -2.15. The van der Waals surface area contributed by atoms with E-state index in [1.165, 1.54) is 17.7 Å². The molecule has 1 atom stereocenters. The molecule has 22 heavy (non-hydrogen) atoms. The number of halogens is 1. The van der Waals surface area contributed by atoms with Crippen molar-refractivity contribution in [2.75, 3.05) is 13.2 Å². The Morgan fingerprint density at radius 3 is 2.09 bits per heavy atom. The maximum Gasteiger partial charge on any atom is 0.123 e. The molecular weight excluding hydrogens is 277 g/mol. The molecule has 0 radical (unpaired) electrons. The summed E-state index contributed by atoms with van der Waals surface area (Å²) >= 11 is 0. The quantitative estimate of drug-likeness (QED) is 0.819. The fourth-order valence-electron chi connectivity index (χ4n) is 2.42. The fourth-order valence-corrected chi connectivity index (χ4v) is 2.42. The number of hydrogen-bond donors (Lipinski definition) is 1. The molecule has 2 nitrogen and oxygen atoms in total. The van der Waals surface area contributed by atoms with Gasteiger partial charge in [0, 0.05) is 0 Å². The molecule has 0 aliphatic heterocycles. The minimum atomic E-state index is -0.221. The van der Waals surface area contributed by atoms with Gasteiger partial charge in [0.1, 0.15) is 11.6 Å². The number of rotatable bonds is 7. The molecule has 1 unspecified atom stereocenters. The van der Waals surface area contributed by atoms with Crippen molar-refractivity contribution in [3.8, 4) is 5.75 Å². The van der Waals surface area contributed by atoms with Crippen LogP contribution in [0.4, 0.5) is 4.39 Å². The first kappa shape index (κ1) is 16.5. The molecule has 0 bridgehead atoms. The van der Waals surface area contributed by atoms with E-state index in [-0.39, 0.29) is 11.7 Å². The van der Waals surface area contributed by atoms with Gasteiger partial charge in [0.05, 0.1) is 6.61 Å². The SMILES string of the molecule is CC(C)c1ccc(OCCC(CN)c2ccc(F)cc2)cc1. The van der Waals surface area contributed by atoms with Crippen LogP contribution in [0.3, 0.4) is 0 Å². The molecule has 0 aromatic heterocycles. The maximum atomic E-state index is 13.0. The van der Waals surface area contributed by atoms with Crippen LogP contribution < -0.4 is 10.5 Å². The first-order chi connectivity index (χ1) is 10.6. The molecule has 0 saturated heterocycles. The molecule has 0 heterocycles. The zero-order valence-corrected chi connectivity index (χ0v) is 13.3. The first-order valence-corrected chi connectivity index (χ1v) is 7.78. The highest BCUT2D eigenvalue weighted by molar-refractivity contribution is 5.29. The van der Waals surface area contributed by atoms with Crippen LogP contribution in [0.15, 0.2) is 48.5 Å². The van der Waals surface area contributed by atoms with Crippen LogP contribution >= 0.6 is 0 Å². The third kappa shape index (κ3) is 4.57. The molecular formula is C19H24FNO. The summed E-state index contributed by atoms with van der Waals surface area (Å²) in [6.45, 7) is 5.47. The van der Waals surface area contributed by atoms with Gasteiger partial charge in [0.25, 0.3) is 0 Å². The van der Waals surface area contributed by atoms with E-state index in [0.717, 1.165) is 17.7 Å². The average Bonchev–Trinajstić information content (AvgIpc) is 2.53. The third-order valence-electron chi connectivity index (χ3n) is 3.91. The summed E-state index contributed by atoms with van der Waals surface area (Å²) < 4.78 is 18.7. The second-order valence-electron chi connectivity index (χ2n) is 5.85. The normalized spacial score (nSPS) is 12.4. The Morgan fingerprint density at radius 2 is 1.55 bits per heavy atom. The van der Waals surface area contributed by atoms with E-state index in [4.69, 9.17) is 10.5 Å². The number of nitrogens with two attached hydrogens (primary N) is 1. The van der Waals surface area contributed by atoms with Crippen LogP contribution in [-0.4, -0.2) is 13.2 Å². The van der Waals surface area contributed by atoms with Crippen LogP contribution in [0.25, 0.3) is 0 Å². The highest BCUT2D eigenvalue weighted by Crippen LogP contribution is 2.21. The lowest BCUT2D eigenvalue weighted by atomic mass is 9.96. The van der Waals surface area contributed by atoms with E-state index in [1.807, 2.05) is 12.1 Å². The summed E-state index contributed by atoms with van der Waals surface area (Å²) in [6.07, 6.45) is 0.814. The van der Waals surface area contributed by atoms with Crippen molar-refractivity contribution in [3.05, 3.63) is 65.5 Å². The zero-order valence-electron chi connectivity index (χ0n) is 13.3. The van der Waals surface area contributed by atoms with E-state index >= 15 is 0 Å². The van der Waals surface area contributed by atoms with Gasteiger partial charge < -0.3 is 10.5 Å². The Morgan fingerprint density at radius 1 is 0.955 bits per heavy atom. The van der Waals surface area contributed by atoms with Crippen LogP contribution in [0.5, 0.6) is 5.75 Å². The largest absolute Gasteiger partial charge is 0.494 e. The van der Waals surface area contributed by atoms with Crippen molar-refractivity contribution in [3.63, 3.8) is 0 Å². The smallest absolute Gasteiger partial charge is 0.123 e. The molecule has 0 saturated carbocycles. The van der Waals surface area contributed by atoms with Crippen molar-refractivity contribution in [2.24, 2.45) is 5.73 Å². The van der Waals surface area contributed by atoms with Crippen LogP contribution in [0.2, 0.25) is 0 Å². The van der Waals surface area contributed by atoms with Crippen molar-refractivity contribution in [2.45, 2.75) is 32.1 Å². The summed E-state index contributed by atoms with van der Waals surface area (Å²) in [5.41, 5.74) is 8.19. The molecule has 0 fully saturated rings. The molecule has 2 N–H and O–H groups in total. The summed E-state index contributed by atoms with van der Waals surface area (Å²) in [6, 6.07) is 14.7. The van der Waals surface area contributed by atoms with Gasteiger partial charge in [-0.2, -0.15) is 0 Å². The molecule has 3 heteroatoms. The van der Waals surface area contributed by atoms with Crippen molar-refractivity contribution >= 4 is 0 Å². The van der Waals surface area contributed by atoms with E-state index in [9.17, 15) is 4.39 Å². The van der Waals surface area contributed by atoms with Gasteiger partial charge in [-0.3, -0.25) is 0 Å². The number of hydrogen-bond acceptors (Lipinski definition) is 2. The Kier molecular flexibility index (Phi) is 5.96. The number of benzene rings is 2. The van der Waals surface area contributed by atoms with Crippen LogP contribution in [-0.2, 0) is 0 Å². The second-order valence-corrected chi connectivity index (χ2v) is 5.85. The van der Waals surface area contributed by atoms with Crippen molar-refractivity contribution in [1.82, 2.24) is 0 Å². The summed E-state index contributed by atoms with van der Waals surface area (Å²) in [5, 5.41) is 0. The fraction of sp³-hybridized carbons (Fsp3) is 0.368. The Labute approximate surface area is 132 Å². The minimum Gasteiger partial charge on any atom is -0.494 e. The summed E-state index contributed by atoms with van der Waals surface area (Å²) in [4.78, 5) is 0. The Bertz CT molecular complexity index is 563. The van der Waals surface area contributed by atoms with Crippen LogP contribution in [0, 0.1) is 5.82 Å². The zero-order chi connectivity index (χ0) is 15.9. The van der Waals surface area contributed by atoms with E-state index < -0.39 is 0 Å².